The second-order valence-electron chi connectivity index (χ2n) is 4.98. The molecule has 2 aromatic rings. The summed E-state index contributed by atoms with van der Waals surface area (Å²) in [6.07, 6.45) is 3.88. The van der Waals surface area contributed by atoms with Crippen LogP contribution in [-0.4, -0.2) is 33.9 Å². The molecule has 20 heavy (non-hydrogen) atoms. The average Bonchev–Trinajstić information content (AvgIpc) is 2.97. The minimum Gasteiger partial charge on any atom is -0.382 e. The van der Waals surface area contributed by atoms with Crippen LogP contribution in [0.2, 0.25) is 0 Å². The molecule has 1 unspecified atom stereocenters. The number of amides is 1. The number of carbonyl (C=O) groups is 1. The molecule has 102 valence electrons. The Bertz CT molecular complexity index is 614. The number of aromatic nitrogens is 2. The quantitative estimate of drug-likeness (QED) is 0.899. The Kier molecular flexibility index (Phi) is 3.33. The van der Waals surface area contributed by atoms with Crippen molar-refractivity contribution in [1.29, 1.82) is 0 Å². The Morgan fingerprint density at radius 1 is 1.25 bits per heavy atom. The summed E-state index contributed by atoms with van der Waals surface area (Å²) in [7, 11) is 0. The number of nitrogens with zero attached hydrogens (tertiary/aromatic N) is 3. The van der Waals surface area contributed by atoms with Crippen LogP contribution in [-0.2, 0) is 0 Å². The monoisotopic (exact) mass is 268 g/mol. The van der Waals surface area contributed by atoms with Gasteiger partial charge < -0.3 is 10.6 Å². The molecule has 1 saturated heterocycles. The van der Waals surface area contributed by atoms with Gasteiger partial charge in [-0.05, 0) is 12.0 Å². The molecule has 2 heterocycles. The first kappa shape index (κ1) is 12.6. The number of benzene rings is 1. The summed E-state index contributed by atoms with van der Waals surface area (Å²) in [4.78, 5) is 22.1. The van der Waals surface area contributed by atoms with Crippen molar-refractivity contribution in [2.24, 2.45) is 0 Å². The molecule has 1 aliphatic rings. The van der Waals surface area contributed by atoms with Crippen molar-refractivity contribution in [2.75, 3.05) is 18.8 Å². The third kappa shape index (κ3) is 2.47. The van der Waals surface area contributed by atoms with E-state index in [4.69, 9.17) is 5.73 Å². The maximum Gasteiger partial charge on any atom is 0.274 e. The number of carbonyl (C=O) groups excluding carboxylic acids is 1. The summed E-state index contributed by atoms with van der Waals surface area (Å²) in [5.74, 6) is 0.576. The van der Waals surface area contributed by atoms with Gasteiger partial charge in [0.05, 0.1) is 12.4 Å². The van der Waals surface area contributed by atoms with Crippen molar-refractivity contribution in [2.45, 2.75) is 12.3 Å². The maximum atomic E-state index is 12.3. The van der Waals surface area contributed by atoms with E-state index in [1.165, 1.54) is 18.0 Å². The third-order valence-electron chi connectivity index (χ3n) is 3.62. The van der Waals surface area contributed by atoms with E-state index >= 15 is 0 Å². The highest BCUT2D eigenvalue weighted by Crippen LogP contribution is 2.27. The van der Waals surface area contributed by atoms with Gasteiger partial charge in [0, 0.05) is 19.0 Å². The molecule has 3 rings (SSSR count). The normalized spacial score (nSPS) is 18.2. The van der Waals surface area contributed by atoms with E-state index in [-0.39, 0.29) is 11.7 Å². The number of anilines is 1. The highest BCUT2D eigenvalue weighted by atomic mass is 16.2. The summed E-state index contributed by atoms with van der Waals surface area (Å²) in [5.41, 5.74) is 7.17. The predicted octanol–water partition coefficient (Wildman–Crippen LogP) is 1.69. The van der Waals surface area contributed by atoms with Crippen LogP contribution in [0.1, 0.15) is 28.4 Å². The smallest absolute Gasteiger partial charge is 0.274 e. The van der Waals surface area contributed by atoms with Gasteiger partial charge in [0.15, 0.2) is 0 Å². The van der Waals surface area contributed by atoms with E-state index in [1.54, 1.807) is 0 Å². The lowest BCUT2D eigenvalue weighted by molar-refractivity contribution is 0.0784. The fourth-order valence-electron chi connectivity index (χ4n) is 2.59. The summed E-state index contributed by atoms with van der Waals surface area (Å²) in [5, 5.41) is 0. The van der Waals surface area contributed by atoms with Gasteiger partial charge in [0.1, 0.15) is 11.5 Å². The van der Waals surface area contributed by atoms with Gasteiger partial charge in [-0.1, -0.05) is 30.3 Å². The van der Waals surface area contributed by atoms with Gasteiger partial charge in [-0.25, -0.2) is 4.98 Å². The minimum absolute atomic E-state index is 0.0942. The lowest BCUT2D eigenvalue weighted by Crippen LogP contribution is -2.29. The highest BCUT2D eigenvalue weighted by molar-refractivity contribution is 5.92. The molecule has 1 aromatic heterocycles. The van der Waals surface area contributed by atoms with Gasteiger partial charge in [-0.2, -0.15) is 0 Å². The number of hydrogen-bond donors (Lipinski definition) is 1. The highest BCUT2D eigenvalue weighted by Gasteiger charge is 2.28. The van der Waals surface area contributed by atoms with Crippen LogP contribution in [0.15, 0.2) is 42.7 Å². The molecule has 0 spiro atoms. The third-order valence-corrected chi connectivity index (χ3v) is 3.62. The van der Waals surface area contributed by atoms with Crippen molar-refractivity contribution in [3.05, 3.63) is 54.0 Å². The van der Waals surface area contributed by atoms with Crippen LogP contribution in [0.25, 0.3) is 0 Å². The zero-order valence-electron chi connectivity index (χ0n) is 11.1. The Morgan fingerprint density at radius 3 is 2.80 bits per heavy atom. The second-order valence-corrected chi connectivity index (χ2v) is 4.98. The van der Waals surface area contributed by atoms with E-state index in [2.05, 4.69) is 22.1 Å². The molecule has 0 saturated carbocycles. The minimum atomic E-state index is -0.0942. The largest absolute Gasteiger partial charge is 0.382 e. The topological polar surface area (TPSA) is 72.1 Å². The number of rotatable bonds is 2. The van der Waals surface area contributed by atoms with E-state index < -0.39 is 0 Å². The molecule has 1 atom stereocenters. The second kappa shape index (κ2) is 5.28. The molecule has 5 nitrogen and oxygen atoms in total. The summed E-state index contributed by atoms with van der Waals surface area (Å²) in [6, 6.07) is 10.3. The van der Waals surface area contributed by atoms with E-state index in [9.17, 15) is 4.79 Å². The van der Waals surface area contributed by atoms with Crippen molar-refractivity contribution < 1.29 is 4.79 Å². The van der Waals surface area contributed by atoms with Crippen molar-refractivity contribution in [1.82, 2.24) is 14.9 Å². The van der Waals surface area contributed by atoms with Gasteiger partial charge >= 0.3 is 0 Å². The van der Waals surface area contributed by atoms with Crippen molar-refractivity contribution >= 4 is 11.7 Å². The van der Waals surface area contributed by atoms with Crippen molar-refractivity contribution in [3.63, 3.8) is 0 Å². The molecule has 1 aliphatic heterocycles. The van der Waals surface area contributed by atoms with Crippen LogP contribution in [0.3, 0.4) is 0 Å². The van der Waals surface area contributed by atoms with E-state index in [1.807, 2.05) is 23.1 Å². The van der Waals surface area contributed by atoms with Gasteiger partial charge in [-0.3, -0.25) is 9.78 Å². The van der Waals surface area contributed by atoms with Crippen molar-refractivity contribution in [3.8, 4) is 0 Å². The molecule has 0 radical (unpaired) electrons. The molecule has 1 amide bonds. The zero-order valence-corrected chi connectivity index (χ0v) is 11.1. The van der Waals surface area contributed by atoms with Gasteiger partial charge in [-0.15, -0.1) is 0 Å². The average molecular weight is 268 g/mol. The number of likely N-dealkylation sites (tertiary alicyclic amines) is 1. The maximum absolute atomic E-state index is 12.3. The first-order valence-corrected chi connectivity index (χ1v) is 6.66. The molecule has 1 aromatic carbocycles. The fraction of sp³-hybridized carbons (Fsp3) is 0.267. The number of hydrogen-bond acceptors (Lipinski definition) is 4. The van der Waals surface area contributed by atoms with Gasteiger partial charge in [0.25, 0.3) is 5.91 Å². The first-order valence-electron chi connectivity index (χ1n) is 6.66. The van der Waals surface area contributed by atoms with Crippen LogP contribution in [0.5, 0.6) is 0 Å². The lowest BCUT2D eigenvalue weighted by atomic mass is 9.99. The molecular weight excluding hydrogens is 252 g/mol. The van der Waals surface area contributed by atoms with E-state index in [0.29, 0.717) is 11.6 Å². The molecule has 1 fully saturated rings. The van der Waals surface area contributed by atoms with E-state index in [0.717, 1.165) is 19.5 Å². The standard InChI is InChI=1S/C15H16N4O/c16-14-9-17-8-13(18-14)15(20)19-7-6-12(10-19)11-4-2-1-3-5-11/h1-5,8-9,12H,6-7,10H2,(H2,16,18). The summed E-state index contributed by atoms with van der Waals surface area (Å²) >= 11 is 0. The summed E-state index contributed by atoms with van der Waals surface area (Å²) < 4.78 is 0. The lowest BCUT2D eigenvalue weighted by Gasteiger charge is -2.16. The summed E-state index contributed by atoms with van der Waals surface area (Å²) in [6.45, 7) is 1.47. The van der Waals surface area contributed by atoms with Crippen LogP contribution >= 0.6 is 0 Å². The van der Waals surface area contributed by atoms with Crippen LogP contribution in [0.4, 0.5) is 5.82 Å². The fourth-order valence-corrected chi connectivity index (χ4v) is 2.59. The molecule has 0 bridgehead atoms. The van der Waals surface area contributed by atoms with Crippen LogP contribution < -0.4 is 5.73 Å². The zero-order chi connectivity index (χ0) is 13.9. The predicted molar refractivity (Wildman–Crippen MR) is 76.1 cm³/mol. The molecular formula is C15H16N4O. The van der Waals surface area contributed by atoms with Crippen LogP contribution in [0, 0.1) is 0 Å². The first-order chi connectivity index (χ1) is 9.74. The SMILES string of the molecule is Nc1cncc(C(=O)N2CCC(c3ccccc3)C2)n1. The van der Waals surface area contributed by atoms with Gasteiger partial charge in [0.2, 0.25) is 0 Å². The molecule has 0 aliphatic carbocycles. The Morgan fingerprint density at radius 2 is 2.05 bits per heavy atom. The Labute approximate surface area is 117 Å². The Balaban J connectivity index is 1.73. The Hall–Kier alpha value is -2.43. The molecule has 5 heteroatoms. The molecule has 2 N–H and O–H groups in total. The number of nitrogens with two attached hydrogens (primary N) is 1. The number of nitrogen functional groups attached to an aromatic ring is 1.